The van der Waals surface area contributed by atoms with Crippen LogP contribution >= 0.6 is 0 Å². The van der Waals surface area contributed by atoms with Crippen molar-refractivity contribution in [3.63, 3.8) is 0 Å². The van der Waals surface area contributed by atoms with Crippen molar-refractivity contribution >= 4 is 65.4 Å². The molecule has 0 amide bonds. The lowest BCUT2D eigenvalue weighted by atomic mass is 10.0. The van der Waals surface area contributed by atoms with Crippen LogP contribution in [0.3, 0.4) is 0 Å². The highest BCUT2D eigenvalue weighted by atomic mass is 15.0. The Labute approximate surface area is 304 Å². The van der Waals surface area contributed by atoms with Gasteiger partial charge in [-0.3, -0.25) is 4.98 Å². The first-order valence-electron chi connectivity index (χ1n) is 17.8. The molecule has 7 aromatic carbocycles. The number of hydrogen-bond acceptors (Lipinski definition) is 2. The van der Waals surface area contributed by atoms with E-state index in [9.17, 15) is 5.26 Å². The molecule has 0 aliphatic heterocycles. The second-order valence-corrected chi connectivity index (χ2v) is 13.6. The van der Waals surface area contributed by atoms with Gasteiger partial charge in [-0.2, -0.15) is 5.26 Å². The molecule has 0 N–H and O–H groups in total. The Morgan fingerprint density at radius 3 is 1.62 bits per heavy atom. The highest BCUT2D eigenvalue weighted by Gasteiger charge is 2.21. The Morgan fingerprint density at radius 1 is 0.396 bits per heavy atom. The van der Waals surface area contributed by atoms with E-state index in [0.717, 1.165) is 61.0 Å². The Hall–Kier alpha value is -7.42. The number of nitrogens with zero attached hydrogens (tertiary/aromatic N) is 5. The van der Waals surface area contributed by atoms with Crippen LogP contribution in [0.2, 0.25) is 0 Å². The standard InChI is InChI=1S/C48H29N5/c49-29-31-20-21-43-40(26-31)37-16-4-6-18-41(37)52(43)35-14-8-10-32(27-35)33-11-9-15-36(28-33)53-45-23-22-44-47(48(45)39-24-25-50-30-46(39)53)38-17-5-7-19-42(38)51(44)34-12-2-1-3-13-34/h1-28,30H. The Morgan fingerprint density at radius 2 is 0.925 bits per heavy atom. The number of rotatable bonds is 4. The van der Waals surface area contributed by atoms with Crippen LogP contribution in [-0.4, -0.2) is 18.7 Å². The first-order chi connectivity index (χ1) is 26.3. The van der Waals surface area contributed by atoms with Gasteiger partial charge in [-0.05, 0) is 96.1 Å². The van der Waals surface area contributed by atoms with Gasteiger partial charge >= 0.3 is 0 Å². The minimum Gasteiger partial charge on any atom is -0.309 e. The molecule has 4 heterocycles. The molecule has 0 aliphatic rings. The van der Waals surface area contributed by atoms with Crippen LogP contribution < -0.4 is 0 Å². The highest BCUT2D eigenvalue weighted by Crippen LogP contribution is 2.42. The average Bonchev–Trinajstić information content (AvgIpc) is 3.86. The lowest BCUT2D eigenvalue weighted by Crippen LogP contribution is -1.96. The second kappa shape index (κ2) is 11.3. The molecular formula is C48H29N5. The molecule has 5 heteroatoms. The van der Waals surface area contributed by atoms with Crippen LogP contribution in [0.4, 0.5) is 0 Å². The van der Waals surface area contributed by atoms with Crippen molar-refractivity contribution in [3.05, 3.63) is 182 Å². The Kier molecular flexibility index (Phi) is 6.25. The number of para-hydroxylation sites is 3. The van der Waals surface area contributed by atoms with Gasteiger partial charge in [0.2, 0.25) is 0 Å². The van der Waals surface area contributed by atoms with Crippen molar-refractivity contribution in [2.24, 2.45) is 0 Å². The minimum absolute atomic E-state index is 0.661. The summed E-state index contributed by atoms with van der Waals surface area (Å²) in [7, 11) is 0. The van der Waals surface area contributed by atoms with Crippen molar-refractivity contribution < 1.29 is 0 Å². The first-order valence-corrected chi connectivity index (χ1v) is 17.8. The molecule has 0 saturated heterocycles. The SMILES string of the molecule is N#Cc1ccc2c(c1)c1ccccc1n2-c1cccc(-c2cccc(-n3c4cnccc4c4c5c6ccccc6n(-c6ccccc6)c5ccc43)c2)c1. The van der Waals surface area contributed by atoms with E-state index in [1.165, 1.54) is 32.6 Å². The van der Waals surface area contributed by atoms with Crippen LogP contribution in [0.15, 0.2) is 176 Å². The summed E-state index contributed by atoms with van der Waals surface area (Å²) in [5, 5.41) is 16.7. The average molecular weight is 676 g/mol. The molecule has 0 spiro atoms. The van der Waals surface area contributed by atoms with E-state index < -0.39 is 0 Å². The fraction of sp³-hybridized carbons (Fsp3) is 0. The summed E-state index contributed by atoms with van der Waals surface area (Å²) in [5.41, 5.74) is 13.0. The van der Waals surface area contributed by atoms with E-state index in [0.29, 0.717) is 5.56 Å². The van der Waals surface area contributed by atoms with Crippen molar-refractivity contribution in [3.8, 4) is 34.3 Å². The summed E-state index contributed by atoms with van der Waals surface area (Å²) < 4.78 is 7.04. The first kappa shape index (κ1) is 29.3. The van der Waals surface area contributed by atoms with Crippen molar-refractivity contribution in [1.82, 2.24) is 18.7 Å². The van der Waals surface area contributed by atoms with E-state index >= 15 is 0 Å². The van der Waals surface area contributed by atoms with Gasteiger partial charge in [-0.1, -0.05) is 78.9 Å². The predicted molar refractivity (Wildman–Crippen MR) is 217 cm³/mol. The van der Waals surface area contributed by atoms with E-state index in [1.807, 2.05) is 24.5 Å². The molecule has 0 aliphatic carbocycles. The summed E-state index contributed by atoms with van der Waals surface area (Å²) in [6.45, 7) is 0. The summed E-state index contributed by atoms with van der Waals surface area (Å²) in [4.78, 5) is 4.62. The fourth-order valence-corrected chi connectivity index (χ4v) is 8.52. The molecule has 11 aromatic rings. The smallest absolute Gasteiger partial charge is 0.0991 e. The Balaban J connectivity index is 1.12. The van der Waals surface area contributed by atoms with Crippen LogP contribution in [-0.2, 0) is 0 Å². The van der Waals surface area contributed by atoms with Gasteiger partial charge < -0.3 is 13.7 Å². The number of pyridine rings is 1. The van der Waals surface area contributed by atoms with Gasteiger partial charge in [0, 0.05) is 55.6 Å². The zero-order chi connectivity index (χ0) is 35.0. The van der Waals surface area contributed by atoms with Crippen LogP contribution in [0.1, 0.15) is 5.56 Å². The molecule has 0 saturated carbocycles. The summed E-state index contributed by atoms with van der Waals surface area (Å²) in [6, 6.07) is 60.3. The molecule has 4 aromatic heterocycles. The van der Waals surface area contributed by atoms with E-state index in [2.05, 4.69) is 176 Å². The van der Waals surface area contributed by atoms with Gasteiger partial charge in [0.1, 0.15) is 0 Å². The van der Waals surface area contributed by atoms with Gasteiger partial charge in [-0.25, -0.2) is 0 Å². The molecule has 0 bridgehead atoms. The van der Waals surface area contributed by atoms with Gasteiger partial charge in [0.25, 0.3) is 0 Å². The molecule has 5 nitrogen and oxygen atoms in total. The van der Waals surface area contributed by atoms with Crippen LogP contribution in [0, 0.1) is 11.3 Å². The zero-order valence-corrected chi connectivity index (χ0v) is 28.5. The normalized spacial score (nSPS) is 11.8. The van der Waals surface area contributed by atoms with E-state index in [4.69, 9.17) is 0 Å². The third kappa shape index (κ3) is 4.27. The molecule has 0 atom stereocenters. The lowest BCUT2D eigenvalue weighted by Gasteiger charge is -2.13. The number of aromatic nitrogens is 4. The third-order valence-corrected chi connectivity index (χ3v) is 10.7. The Bertz CT molecular complexity index is 3300. The van der Waals surface area contributed by atoms with Gasteiger partial charge in [0.15, 0.2) is 0 Å². The number of benzene rings is 7. The highest BCUT2D eigenvalue weighted by molar-refractivity contribution is 6.28. The molecule has 0 radical (unpaired) electrons. The zero-order valence-electron chi connectivity index (χ0n) is 28.5. The predicted octanol–water partition coefficient (Wildman–Crippen LogP) is 11.9. The third-order valence-electron chi connectivity index (χ3n) is 10.7. The van der Waals surface area contributed by atoms with Gasteiger partial charge in [0.05, 0.1) is 50.9 Å². The minimum atomic E-state index is 0.661. The van der Waals surface area contributed by atoms with Crippen molar-refractivity contribution in [2.45, 2.75) is 0 Å². The molecule has 0 unspecified atom stereocenters. The summed E-state index contributed by atoms with van der Waals surface area (Å²) >= 11 is 0. The molecule has 0 fully saturated rings. The molecule has 53 heavy (non-hydrogen) atoms. The summed E-state index contributed by atoms with van der Waals surface area (Å²) in [6.07, 6.45) is 3.89. The summed E-state index contributed by atoms with van der Waals surface area (Å²) in [5.74, 6) is 0. The topological polar surface area (TPSA) is 51.5 Å². The number of fused-ring (bicyclic) bond motifs is 10. The van der Waals surface area contributed by atoms with Crippen LogP contribution in [0.5, 0.6) is 0 Å². The fourth-order valence-electron chi connectivity index (χ4n) is 8.52. The van der Waals surface area contributed by atoms with Gasteiger partial charge in [-0.15, -0.1) is 0 Å². The maximum atomic E-state index is 9.63. The van der Waals surface area contributed by atoms with Crippen molar-refractivity contribution in [2.75, 3.05) is 0 Å². The second-order valence-electron chi connectivity index (χ2n) is 13.6. The number of nitriles is 1. The maximum Gasteiger partial charge on any atom is 0.0991 e. The number of hydrogen-bond donors (Lipinski definition) is 0. The molecule has 11 rings (SSSR count). The maximum absolute atomic E-state index is 9.63. The quantitative estimate of drug-likeness (QED) is 0.186. The largest absolute Gasteiger partial charge is 0.309 e. The monoisotopic (exact) mass is 675 g/mol. The van der Waals surface area contributed by atoms with E-state index in [-0.39, 0.29) is 0 Å². The van der Waals surface area contributed by atoms with E-state index in [1.54, 1.807) is 0 Å². The van der Waals surface area contributed by atoms with Crippen LogP contribution in [0.25, 0.3) is 93.6 Å². The lowest BCUT2D eigenvalue weighted by molar-refractivity contribution is 1.16. The molecule has 246 valence electrons. The van der Waals surface area contributed by atoms with Crippen molar-refractivity contribution in [1.29, 1.82) is 5.26 Å². The molecular weight excluding hydrogens is 647 g/mol.